The number of aryl methyl sites for hydroxylation is 2. The van der Waals surface area contributed by atoms with Gasteiger partial charge in [0.05, 0.1) is 12.7 Å². The molecule has 5 nitrogen and oxygen atoms in total. The molecule has 0 atom stereocenters. The van der Waals surface area contributed by atoms with Crippen molar-refractivity contribution in [3.8, 4) is 5.75 Å². The van der Waals surface area contributed by atoms with Gasteiger partial charge in [-0.1, -0.05) is 26.0 Å². The molecular formula is C21H25NO4. The number of benzene rings is 2. The van der Waals surface area contributed by atoms with Gasteiger partial charge in [0.15, 0.2) is 6.61 Å². The molecule has 2 rings (SSSR count). The quantitative estimate of drug-likeness (QED) is 0.788. The lowest BCUT2D eigenvalue weighted by Crippen LogP contribution is -2.21. The van der Waals surface area contributed by atoms with Crippen molar-refractivity contribution in [2.24, 2.45) is 0 Å². The fourth-order valence-electron chi connectivity index (χ4n) is 2.72. The van der Waals surface area contributed by atoms with Gasteiger partial charge in [-0.2, -0.15) is 0 Å². The number of hydrogen-bond acceptors (Lipinski definition) is 4. The molecule has 0 bridgehead atoms. The molecular weight excluding hydrogens is 330 g/mol. The number of anilines is 1. The second kappa shape index (κ2) is 8.52. The van der Waals surface area contributed by atoms with E-state index in [-0.39, 0.29) is 12.5 Å². The van der Waals surface area contributed by atoms with E-state index in [1.165, 1.54) is 12.7 Å². The van der Waals surface area contributed by atoms with E-state index in [2.05, 4.69) is 19.2 Å². The summed E-state index contributed by atoms with van der Waals surface area (Å²) in [5, 5.41) is 2.77. The first-order valence-electron chi connectivity index (χ1n) is 8.54. The van der Waals surface area contributed by atoms with E-state index in [1.807, 2.05) is 32.0 Å². The van der Waals surface area contributed by atoms with Crippen molar-refractivity contribution in [1.29, 1.82) is 0 Å². The van der Waals surface area contributed by atoms with Crippen LogP contribution < -0.4 is 10.1 Å². The standard InChI is InChI=1S/C21H25NO4/c1-13(2)18-9-8-17(10-15(18)4)26-12-20(23)22-19-11-16(21(24)25-5)7-6-14(19)3/h6-11,13H,12H2,1-5H3,(H,22,23). The molecule has 1 amide bonds. The summed E-state index contributed by atoms with van der Waals surface area (Å²) in [7, 11) is 1.32. The smallest absolute Gasteiger partial charge is 0.337 e. The molecule has 0 aliphatic rings. The van der Waals surface area contributed by atoms with Gasteiger partial charge in [0, 0.05) is 5.69 Å². The zero-order valence-electron chi connectivity index (χ0n) is 15.9. The zero-order valence-corrected chi connectivity index (χ0v) is 15.9. The summed E-state index contributed by atoms with van der Waals surface area (Å²) in [6.07, 6.45) is 0. The SMILES string of the molecule is COC(=O)c1ccc(C)c(NC(=O)COc2ccc(C(C)C)c(C)c2)c1. The van der Waals surface area contributed by atoms with Gasteiger partial charge in [0.1, 0.15) is 5.75 Å². The summed E-state index contributed by atoms with van der Waals surface area (Å²) < 4.78 is 10.3. The molecule has 0 heterocycles. The maximum absolute atomic E-state index is 12.2. The van der Waals surface area contributed by atoms with Crippen LogP contribution in [0.1, 0.15) is 46.8 Å². The Balaban J connectivity index is 2.01. The van der Waals surface area contributed by atoms with Crippen LogP contribution in [0.15, 0.2) is 36.4 Å². The number of esters is 1. The molecule has 0 unspecified atom stereocenters. The predicted octanol–water partition coefficient (Wildman–Crippen LogP) is 4.23. The summed E-state index contributed by atoms with van der Waals surface area (Å²) >= 11 is 0. The average molecular weight is 355 g/mol. The lowest BCUT2D eigenvalue weighted by molar-refractivity contribution is -0.118. The molecule has 2 aromatic carbocycles. The minimum Gasteiger partial charge on any atom is -0.484 e. The molecule has 2 aromatic rings. The Morgan fingerprint density at radius 2 is 1.77 bits per heavy atom. The first-order valence-corrected chi connectivity index (χ1v) is 8.54. The van der Waals surface area contributed by atoms with Crippen LogP contribution in [0.5, 0.6) is 5.75 Å². The van der Waals surface area contributed by atoms with Gasteiger partial charge in [-0.05, 0) is 60.7 Å². The van der Waals surface area contributed by atoms with E-state index >= 15 is 0 Å². The highest BCUT2D eigenvalue weighted by Crippen LogP contribution is 2.23. The summed E-state index contributed by atoms with van der Waals surface area (Å²) in [6, 6.07) is 10.9. The molecule has 5 heteroatoms. The maximum Gasteiger partial charge on any atom is 0.337 e. The third-order valence-electron chi connectivity index (χ3n) is 4.17. The zero-order chi connectivity index (χ0) is 19.3. The van der Waals surface area contributed by atoms with E-state index in [1.54, 1.807) is 18.2 Å². The van der Waals surface area contributed by atoms with Crippen molar-refractivity contribution in [1.82, 2.24) is 0 Å². The number of amides is 1. The van der Waals surface area contributed by atoms with Gasteiger partial charge < -0.3 is 14.8 Å². The Labute approximate surface area is 154 Å². The number of methoxy groups -OCH3 is 1. The van der Waals surface area contributed by atoms with Crippen LogP contribution in [0.4, 0.5) is 5.69 Å². The van der Waals surface area contributed by atoms with Crippen LogP contribution in [-0.2, 0) is 9.53 Å². The number of carbonyl (C=O) groups excluding carboxylic acids is 2. The maximum atomic E-state index is 12.2. The van der Waals surface area contributed by atoms with Crippen LogP contribution in [-0.4, -0.2) is 25.6 Å². The molecule has 138 valence electrons. The first-order chi connectivity index (χ1) is 12.3. The highest BCUT2D eigenvalue weighted by atomic mass is 16.5. The number of carbonyl (C=O) groups is 2. The Morgan fingerprint density at radius 1 is 1.04 bits per heavy atom. The molecule has 0 spiro atoms. The van der Waals surface area contributed by atoms with Crippen LogP contribution >= 0.6 is 0 Å². The van der Waals surface area contributed by atoms with Gasteiger partial charge in [-0.15, -0.1) is 0 Å². The van der Waals surface area contributed by atoms with Crippen molar-refractivity contribution in [3.63, 3.8) is 0 Å². The van der Waals surface area contributed by atoms with E-state index in [0.29, 0.717) is 22.9 Å². The molecule has 1 N–H and O–H groups in total. The van der Waals surface area contributed by atoms with E-state index in [9.17, 15) is 9.59 Å². The van der Waals surface area contributed by atoms with E-state index < -0.39 is 5.97 Å². The number of nitrogens with one attached hydrogen (secondary N) is 1. The highest BCUT2D eigenvalue weighted by Gasteiger charge is 2.11. The van der Waals surface area contributed by atoms with Gasteiger partial charge in [-0.25, -0.2) is 4.79 Å². The fraction of sp³-hybridized carbons (Fsp3) is 0.333. The second-order valence-corrected chi connectivity index (χ2v) is 6.53. The molecule has 0 radical (unpaired) electrons. The Kier molecular flexibility index (Phi) is 6.39. The highest BCUT2D eigenvalue weighted by molar-refractivity contribution is 5.95. The second-order valence-electron chi connectivity index (χ2n) is 6.53. The normalized spacial score (nSPS) is 10.5. The lowest BCUT2D eigenvalue weighted by atomic mass is 9.98. The van der Waals surface area contributed by atoms with Crippen LogP contribution in [0.25, 0.3) is 0 Å². The van der Waals surface area contributed by atoms with Crippen molar-refractivity contribution < 1.29 is 19.1 Å². The van der Waals surface area contributed by atoms with Gasteiger partial charge in [-0.3, -0.25) is 4.79 Å². The van der Waals surface area contributed by atoms with Crippen LogP contribution in [0, 0.1) is 13.8 Å². The molecule has 26 heavy (non-hydrogen) atoms. The van der Waals surface area contributed by atoms with Crippen molar-refractivity contribution in [2.75, 3.05) is 19.0 Å². The molecule has 0 saturated carbocycles. The van der Waals surface area contributed by atoms with Crippen molar-refractivity contribution in [2.45, 2.75) is 33.6 Å². The average Bonchev–Trinajstić information content (AvgIpc) is 2.61. The minimum atomic E-state index is -0.447. The largest absolute Gasteiger partial charge is 0.484 e. The summed E-state index contributed by atoms with van der Waals surface area (Å²) in [5.74, 6) is 0.359. The van der Waals surface area contributed by atoms with Gasteiger partial charge >= 0.3 is 5.97 Å². The summed E-state index contributed by atoms with van der Waals surface area (Å²) in [6.45, 7) is 8.06. The Hall–Kier alpha value is -2.82. The molecule has 0 aromatic heterocycles. The monoisotopic (exact) mass is 355 g/mol. The molecule has 0 aliphatic heterocycles. The predicted molar refractivity (Wildman–Crippen MR) is 102 cm³/mol. The Bertz CT molecular complexity index is 812. The van der Waals surface area contributed by atoms with Gasteiger partial charge in [0.25, 0.3) is 5.91 Å². The van der Waals surface area contributed by atoms with Crippen LogP contribution in [0.2, 0.25) is 0 Å². The van der Waals surface area contributed by atoms with Crippen LogP contribution in [0.3, 0.4) is 0 Å². The third kappa shape index (κ3) is 4.85. The molecule has 0 fully saturated rings. The topological polar surface area (TPSA) is 64.6 Å². The van der Waals surface area contributed by atoms with Crippen molar-refractivity contribution >= 4 is 17.6 Å². The number of rotatable bonds is 6. The Morgan fingerprint density at radius 3 is 2.38 bits per heavy atom. The van der Waals surface area contributed by atoms with Gasteiger partial charge in [0.2, 0.25) is 0 Å². The van der Waals surface area contributed by atoms with Crippen molar-refractivity contribution in [3.05, 3.63) is 58.7 Å². The number of ether oxygens (including phenoxy) is 2. The number of hydrogen-bond donors (Lipinski definition) is 1. The molecule has 0 saturated heterocycles. The summed E-state index contributed by atoms with van der Waals surface area (Å²) in [4.78, 5) is 23.8. The van der Waals surface area contributed by atoms with E-state index in [0.717, 1.165) is 11.1 Å². The fourth-order valence-corrected chi connectivity index (χ4v) is 2.72. The summed E-state index contributed by atoms with van der Waals surface area (Å²) in [5.41, 5.74) is 4.20. The lowest BCUT2D eigenvalue weighted by Gasteiger charge is -2.13. The third-order valence-corrected chi connectivity index (χ3v) is 4.17. The minimum absolute atomic E-state index is 0.109. The first kappa shape index (κ1) is 19.5. The van der Waals surface area contributed by atoms with E-state index in [4.69, 9.17) is 9.47 Å². The molecule has 0 aliphatic carbocycles.